The number of carbonyl (C=O) groups excluding carboxylic acids is 2. The molecule has 5 heteroatoms. The lowest BCUT2D eigenvalue weighted by molar-refractivity contribution is -0.127. The number of hydrogen-bond donors (Lipinski definition) is 2. The second kappa shape index (κ2) is 5.83. The molecule has 2 amide bonds. The summed E-state index contributed by atoms with van der Waals surface area (Å²) in [6.07, 6.45) is 4.33. The molecule has 1 aromatic carbocycles. The third-order valence-electron chi connectivity index (χ3n) is 4.64. The van der Waals surface area contributed by atoms with Gasteiger partial charge in [-0.2, -0.15) is 0 Å². The number of primary amides is 1. The first kappa shape index (κ1) is 14.6. The van der Waals surface area contributed by atoms with Crippen molar-refractivity contribution in [2.45, 2.75) is 25.2 Å². The average Bonchev–Trinajstić information content (AvgIpc) is 3.02. The maximum atomic E-state index is 11.9. The summed E-state index contributed by atoms with van der Waals surface area (Å²) in [6.45, 7) is 5.91. The Morgan fingerprint density at radius 3 is 2.95 bits per heavy atom. The van der Waals surface area contributed by atoms with E-state index in [0.29, 0.717) is 18.0 Å². The van der Waals surface area contributed by atoms with Crippen molar-refractivity contribution in [3.05, 3.63) is 41.5 Å². The molecule has 0 bridgehead atoms. The van der Waals surface area contributed by atoms with E-state index in [1.54, 1.807) is 0 Å². The number of benzene rings is 1. The molecule has 22 heavy (non-hydrogen) atoms. The van der Waals surface area contributed by atoms with Crippen molar-refractivity contribution in [3.63, 3.8) is 0 Å². The topological polar surface area (TPSA) is 75.4 Å². The van der Waals surface area contributed by atoms with Gasteiger partial charge in [0.1, 0.15) is 0 Å². The SMILES string of the molecule is C=CC(=O)N1CCC[C@@H](c2ccc(C(N)=O)c3c2CCN3)C1. The molecule has 3 N–H and O–H groups in total. The Morgan fingerprint density at radius 1 is 1.41 bits per heavy atom. The van der Waals surface area contributed by atoms with Gasteiger partial charge in [-0.25, -0.2) is 0 Å². The number of carbonyl (C=O) groups is 2. The molecule has 5 nitrogen and oxygen atoms in total. The van der Waals surface area contributed by atoms with Crippen LogP contribution in [-0.4, -0.2) is 36.3 Å². The Hall–Kier alpha value is -2.30. The molecule has 2 aliphatic rings. The van der Waals surface area contributed by atoms with Gasteiger partial charge in [-0.3, -0.25) is 9.59 Å². The first-order valence-electron chi connectivity index (χ1n) is 7.72. The maximum absolute atomic E-state index is 11.9. The molecular formula is C17H21N3O2. The number of nitrogens with one attached hydrogen (secondary N) is 1. The molecular weight excluding hydrogens is 278 g/mol. The fourth-order valence-corrected chi connectivity index (χ4v) is 3.60. The van der Waals surface area contributed by atoms with Gasteiger partial charge < -0.3 is 16.0 Å². The van der Waals surface area contributed by atoms with Crippen LogP contribution in [0.4, 0.5) is 5.69 Å². The molecule has 0 radical (unpaired) electrons. The predicted octanol–water partition coefficient (Wildman–Crippen LogP) is 1.65. The maximum Gasteiger partial charge on any atom is 0.250 e. The highest BCUT2D eigenvalue weighted by Gasteiger charge is 2.28. The standard InChI is InChI=1S/C17H21N3O2/c1-2-15(21)20-9-3-4-11(10-20)12-5-6-14(17(18)22)16-13(12)7-8-19-16/h2,5-6,11,19H,1,3-4,7-10H2,(H2,18,22)/t11-/m1/s1. The molecule has 2 aliphatic heterocycles. The van der Waals surface area contributed by atoms with Crippen molar-refractivity contribution in [1.29, 1.82) is 0 Å². The molecule has 1 aromatic rings. The summed E-state index contributed by atoms with van der Waals surface area (Å²) in [4.78, 5) is 25.3. The summed E-state index contributed by atoms with van der Waals surface area (Å²) in [6, 6.07) is 3.82. The molecule has 0 aliphatic carbocycles. The van der Waals surface area contributed by atoms with Crippen LogP contribution in [0.15, 0.2) is 24.8 Å². The second-order valence-electron chi connectivity index (χ2n) is 5.92. The fraction of sp³-hybridized carbons (Fsp3) is 0.412. The molecule has 0 unspecified atom stereocenters. The van der Waals surface area contributed by atoms with E-state index in [0.717, 1.165) is 38.0 Å². The van der Waals surface area contributed by atoms with Crippen molar-refractivity contribution >= 4 is 17.5 Å². The van der Waals surface area contributed by atoms with E-state index >= 15 is 0 Å². The van der Waals surface area contributed by atoms with Gasteiger partial charge in [-0.1, -0.05) is 12.6 Å². The Kier molecular flexibility index (Phi) is 3.88. The number of piperidine rings is 1. The highest BCUT2D eigenvalue weighted by atomic mass is 16.2. The van der Waals surface area contributed by atoms with Gasteiger partial charge in [-0.15, -0.1) is 0 Å². The Morgan fingerprint density at radius 2 is 2.23 bits per heavy atom. The minimum Gasteiger partial charge on any atom is -0.384 e. The number of rotatable bonds is 3. The van der Waals surface area contributed by atoms with Crippen molar-refractivity contribution in [1.82, 2.24) is 4.90 Å². The van der Waals surface area contributed by atoms with E-state index in [1.807, 2.05) is 17.0 Å². The number of anilines is 1. The average molecular weight is 299 g/mol. The van der Waals surface area contributed by atoms with Gasteiger partial charge in [0.05, 0.1) is 11.3 Å². The molecule has 0 spiro atoms. The zero-order chi connectivity index (χ0) is 15.7. The smallest absolute Gasteiger partial charge is 0.250 e. The van der Waals surface area contributed by atoms with Crippen LogP contribution < -0.4 is 11.1 Å². The lowest BCUT2D eigenvalue weighted by Crippen LogP contribution is -2.38. The third-order valence-corrected chi connectivity index (χ3v) is 4.64. The number of amides is 2. The monoisotopic (exact) mass is 299 g/mol. The highest BCUT2D eigenvalue weighted by molar-refractivity contribution is 6.00. The molecule has 1 atom stereocenters. The number of fused-ring (bicyclic) bond motifs is 1. The molecule has 2 heterocycles. The summed E-state index contributed by atoms with van der Waals surface area (Å²) in [5.74, 6) is -0.0919. The van der Waals surface area contributed by atoms with Crippen molar-refractivity contribution in [2.24, 2.45) is 5.73 Å². The van der Waals surface area contributed by atoms with E-state index in [-0.39, 0.29) is 5.91 Å². The van der Waals surface area contributed by atoms with Crippen LogP contribution in [0.25, 0.3) is 0 Å². The molecule has 0 saturated carbocycles. The highest BCUT2D eigenvalue weighted by Crippen LogP contribution is 2.37. The number of likely N-dealkylation sites (tertiary alicyclic amines) is 1. The zero-order valence-electron chi connectivity index (χ0n) is 12.6. The largest absolute Gasteiger partial charge is 0.384 e. The Bertz CT molecular complexity index is 639. The van der Waals surface area contributed by atoms with Crippen molar-refractivity contribution in [3.8, 4) is 0 Å². The first-order valence-corrected chi connectivity index (χ1v) is 7.72. The van der Waals surface area contributed by atoms with E-state index in [4.69, 9.17) is 5.73 Å². The van der Waals surface area contributed by atoms with Gasteiger partial charge >= 0.3 is 0 Å². The van der Waals surface area contributed by atoms with Crippen molar-refractivity contribution in [2.75, 3.05) is 25.0 Å². The fourth-order valence-electron chi connectivity index (χ4n) is 3.60. The minimum absolute atomic E-state index is 0.00627. The molecule has 116 valence electrons. The van der Waals surface area contributed by atoms with Crippen LogP contribution in [0.3, 0.4) is 0 Å². The summed E-state index contributed by atoms with van der Waals surface area (Å²) >= 11 is 0. The first-order chi connectivity index (χ1) is 10.6. The van der Waals surface area contributed by atoms with Crippen LogP contribution in [0, 0.1) is 0 Å². The van der Waals surface area contributed by atoms with E-state index in [1.165, 1.54) is 17.2 Å². The number of nitrogens with zero attached hydrogens (tertiary/aromatic N) is 1. The third kappa shape index (κ3) is 2.47. The van der Waals surface area contributed by atoms with E-state index < -0.39 is 5.91 Å². The zero-order valence-corrected chi connectivity index (χ0v) is 12.6. The normalized spacial score (nSPS) is 20.2. The van der Waals surface area contributed by atoms with Gasteiger partial charge in [0.25, 0.3) is 5.91 Å². The molecule has 0 aromatic heterocycles. The Balaban J connectivity index is 1.92. The van der Waals surface area contributed by atoms with Gasteiger partial charge in [0, 0.05) is 25.6 Å². The predicted molar refractivity (Wildman–Crippen MR) is 85.9 cm³/mol. The summed E-state index contributed by atoms with van der Waals surface area (Å²) in [5.41, 5.74) is 9.33. The lowest BCUT2D eigenvalue weighted by Gasteiger charge is -2.33. The van der Waals surface area contributed by atoms with Crippen LogP contribution in [0.2, 0.25) is 0 Å². The van der Waals surface area contributed by atoms with E-state index in [2.05, 4.69) is 11.9 Å². The Labute approximate surface area is 130 Å². The minimum atomic E-state index is -0.399. The van der Waals surface area contributed by atoms with Crippen LogP contribution >= 0.6 is 0 Å². The summed E-state index contributed by atoms with van der Waals surface area (Å²) in [7, 11) is 0. The molecule has 1 saturated heterocycles. The van der Waals surface area contributed by atoms with E-state index in [9.17, 15) is 9.59 Å². The quantitative estimate of drug-likeness (QED) is 0.833. The van der Waals surface area contributed by atoms with Gasteiger partial charge in [-0.05, 0) is 42.5 Å². The lowest BCUT2D eigenvalue weighted by atomic mass is 9.85. The summed E-state index contributed by atoms with van der Waals surface area (Å²) < 4.78 is 0. The number of hydrogen-bond acceptors (Lipinski definition) is 3. The number of nitrogens with two attached hydrogens (primary N) is 1. The van der Waals surface area contributed by atoms with Crippen LogP contribution in [0.5, 0.6) is 0 Å². The van der Waals surface area contributed by atoms with Gasteiger partial charge in [0.2, 0.25) is 5.91 Å². The molecule has 1 fully saturated rings. The van der Waals surface area contributed by atoms with Gasteiger partial charge in [0.15, 0.2) is 0 Å². The van der Waals surface area contributed by atoms with Crippen LogP contribution in [0.1, 0.15) is 40.2 Å². The van der Waals surface area contributed by atoms with Crippen molar-refractivity contribution < 1.29 is 9.59 Å². The second-order valence-corrected chi connectivity index (χ2v) is 5.92. The van der Waals surface area contributed by atoms with Crippen LogP contribution in [-0.2, 0) is 11.2 Å². The molecule has 3 rings (SSSR count). The summed E-state index contributed by atoms with van der Waals surface area (Å²) in [5, 5.41) is 3.28.